The lowest BCUT2D eigenvalue weighted by atomic mass is 10.00. The summed E-state index contributed by atoms with van der Waals surface area (Å²) >= 11 is 6.16. The highest BCUT2D eigenvalue weighted by molar-refractivity contribution is 6.30. The van der Waals surface area contributed by atoms with E-state index in [1.807, 2.05) is 12.1 Å². The maximum atomic E-state index is 6.16. The van der Waals surface area contributed by atoms with Gasteiger partial charge in [0.15, 0.2) is 0 Å². The summed E-state index contributed by atoms with van der Waals surface area (Å²) < 4.78 is 2.07. The smallest absolute Gasteiger partial charge is 0.133 e. The molecule has 0 fully saturated rings. The third-order valence-corrected chi connectivity index (χ3v) is 5.25. The molecule has 2 aromatic carbocycles. The molecule has 3 aromatic rings. The SMILES string of the molecule is Cc1cc(C)cc(-c2nn(-c3ccc(Cl)cc3C)c3c2CCCCN3)c1. The zero-order chi connectivity index (χ0) is 18.3. The van der Waals surface area contributed by atoms with E-state index in [9.17, 15) is 0 Å². The van der Waals surface area contributed by atoms with Crippen molar-refractivity contribution in [3.8, 4) is 16.9 Å². The van der Waals surface area contributed by atoms with Crippen LogP contribution in [-0.4, -0.2) is 16.3 Å². The maximum Gasteiger partial charge on any atom is 0.133 e. The van der Waals surface area contributed by atoms with Crippen LogP contribution in [0.15, 0.2) is 36.4 Å². The van der Waals surface area contributed by atoms with E-state index in [4.69, 9.17) is 16.7 Å². The Kier molecular flexibility index (Phi) is 4.49. The fraction of sp³-hybridized carbons (Fsp3) is 0.318. The topological polar surface area (TPSA) is 29.9 Å². The van der Waals surface area contributed by atoms with Gasteiger partial charge in [-0.3, -0.25) is 0 Å². The summed E-state index contributed by atoms with van der Waals surface area (Å²) in [6.45, 7) is 7.36. The van der Waals surface area contributed by atoms with Crippen LogP contribution in [0.25, 0.3) is 16.9 Å². The Morgan fingerprint density at radius 3 is 2.50 bits per heavy atom. The van der Waals surface area contributed by atoms with Crippen LogP contribution in [0.1, 0.15) is 35.1 Å². The van der Waals surface area contributed by atoms with E-state index in [2.05, 4.69) is 55.0 Å². The van der Waals surface area contributed by atoms with E-state index in [0.29, 0.717) is 0 Å². The summed E-state index contributed by atoms with van der Waals surface area (Å²) in [5, 5.41) is 9.44. The molecule has 1 aliphatic rings. The van der Waals surface area contributed by atoms with Crippen LogP contribution in [0.3, 0.4) is 0 Å². The summed E-state index contributed by atoms with van der Waals surface area (Å²) in [6.07, 6.45) is 3.42. The number of nitrogens with zero attached hydrogens (tertiary/aromatic N) is 2. The first kappa shape index (κ1) is 17.2. The van der Waals surface area contributed by atoms with Gasteiger partial charge in [-0.15, -0.1) is 0 Å². The van der Waals surface area contributed by atoms with Crippen LogP contribution in [0.4, 0.5) is 5.82 Å². The van der Waals surface area contributed by atoms with Crippen LogP contribution in [0.5, 0.6) is 0 Å². The highest BCUT2D eigenvalue weighted by Crippen LogP contribution is 2.35. The van der Waals surface area contributed by atoms with Crippen LogP contribution < -0.4 is 5.32 Å². The van der Waals surface area contributed by atoms with E-state index in [0.717, 1.165) is 40.8 Å². The molecule has 3 nitrogen and oxygen atoms in total. The number of hydrogen-bond donors (Lipinski definition) is 1. The summed E-state index contributed by atoms with van der Waals surface area (Å²) in [4.78, 5) is 0. The average molecular weight is 366 g/mol. The molecule has 0 spiro atoms. The summed E-state index contributed by atoms with van der Waals surface area (Å²) in [7, 11) is 0. The van der Waals surface area contributed by atoms with Gasteiger partial charge in [-0.2, -0.15) is 5.10 Å². The van der Waals surface area contributed by atoms with Crippen molar-refractivity contribution in [3.05, 3.63) is 63.7 Å². The largest absolute Gasteiger partial charge is 0.370 e. The van der Waals surface area contributed by atoms with Crippen LogP contribution in [0.2, 0.25) is 5.02 Å². The minimum Gasteiger partial charge on any atom is -0.370 e. The number of hydrogen-bond acceptors (Lipinski definition) is 2. The first-order valence-corrected chi connectivity index (χ1v) is 9.61. The molecular formula is C22H24ClN3. The molecule has 1 N–H and O–H groups in total. The second kappa shape index (κ2) is 6.81. The molecular weight excluding hydrogens is 342 g/mol. The lowest BCUT2D eigenvalue weighted by Crippen LogP contribution is -2.08. The molecule has 1 aromatic heterocycles. The molecule has 134 valence electrons. The molecule has 0 atom stereocenters. The maximum absolute atomic E-state index is 6.16. The Hall–Kier alpha value is -2.26. The molecule has 0 unspecified atom stereocenters. The van der Waals surface area contributed by atoms with Gasteiger partial charge in [-0.1, -0.05) is 28.8 Å². The van der Waals surface area contributed by atoms with Crippen molar-refractivity contribution in [2.45, 2.75) is 40.0 Å². The third-order valence-electron chi connectivity index (χ3n) is 5.01. The number of halogens is 1. The lowest BCUT2D eigenvalue weighted by molar-refractivity contribution is 0.779. The molecule has 0 saturated heterocycles. The summed E-state index contributed by atoms with van der Waals surface area (Å²) in [6, 6.07) is 12.7. The number of fused-ring (bicyclic) bond motifs is 1. The number of aromatic nitrogens is 2. The van der Waals surface area contributed by atoms with E-state index >= 15 is 0 Å². The average Bonchev–Trinajstić information content (AvgIpc) is 2.76. The summed E-state index contributed by atoms with van der Waals surface area (Å²) in [5.74, 6) is 1.13. The third kappa shape index (κ3) is 3.12. The van der Waals surface area contributed by atoms with Gasteiger partial charge in [0, 0.05) is 22.7 Å². The number of benzene rings is 2. The summed E-state index contributed by atoms with van der Waals surface area (Å²) in [5.41, 5.74) is 8.36. The van der Waals surface area contributed by atoms with Gasteiger partial charge in [0.2, 0.25) is 0 Å². The molecule has 2 heterocycles. The zero-order valence-electron chi connectivity index (χ0n) is 15.6. The number of aryl methyl sites for hydroxylation is 3. The molecule has 0 aliphatic carbocycles. The van der Waals surface area contributed by atoms with E-state index in [1.165, 1.54) is 35.1 Å². The fourth-order valence-electron chi connectivity index (χ4n) is 3.88. The zero-order valence-corrected chi connectivity index (χ0v) is 16.3. The van der Waals surface area contributed by atoms with Crippen molar-refractivity contribution in [2.75, 3.05) is 11.9 Å². The molecule has 0 amide bonds. The fourth-order valence-corrected chi connectivity index (χ4v) is 4.10. The van der Waals surface area contributed by atoms with Gasteiger partial charge in [0.05, 0.1) is 11.4 Å². The highest BCUT2D eigenvalue weighted by Gasteiger charge is 2.22. The Morgan fingerprint density at radius 1 is 1.00 bits per heavy atom. The number of anilines is 1. The quantitative estimate of drug-likeness (QED) is 0.615. The minimum absolute atomic E-state index is 0.756. The van der Waals surface area contributed by atoms with E-state index in [-0.39, 0.29) is 0 Å². The first-order chi connectivity index (χ1) is 12.5. The van der Waals surface area contributed by atoms with Gasteiger partial charge in [-0.25, -0.2) is 4.68 Å². The van der Waals surface area contributed by atoms with Gasteiger partial charge < -0.3 is 5.32 Å². The van der Waals surface area contributed by atoms with Crippen molar-refractivity contribution in [3.63, 3.8) is 0 Å². The van der Waals surface area contributed by atoms with Crippen LogP contribution >= 0.6 is 11.6 Å². The Morgan fingerprint density at radius 2 is 1.77 bits per heavy atom. The predicted octanol–water partition coefficient (Wildman–Crippen LogP) is 5.87. The van der Waals surface area contributed by atoms with Crippen molar-refractivity contribution in [1.29, 1.82) is 0 Å². The van der Waals surface area contributed by atoms with Gasteiger partial charge >= 0.3 is 0 Å². The van der Waals surface area contributed by atoms with E-state index in [1.54, 1.807) is 0 Å². The molecule has 1 aliphatic heterocycles. The second-order valence-corrected chi connectivity index (χ2v) is 7.72. The normalized spacial score (nSPS) is 13.8. The van der Waals surface area contributed by atoms with E-state index < -0.39 is 0 Å². The molecule has 4 rings (SSSR count). The Bertz CT molecular complexity index is 952. The van der Waals surface area contributed by atoms with Gasteiger partial charge in [0.1, 0.15) is 5.82 Å². The highest BCUT2D eigenvalue weighted by atomic mass is 35.5. The van der Waals surface area contributed by atoms with Crippen LogP contribution in [0, 0.1) is 20.8 Å². The van der Waals surface area contributed by atoms with Crippen molar-refractivity contribution < 1.29 is 0 Å². The second-order valence-electron chi connectivity index (χ2n) is 7.28. The standard InChI is InChI=1S/C22H24ClN3/c1-14-10-15(2)12-17(11-14)21-19-6-4-5-9-24-22(19)26(25-21)20-8-7-18(23)13-16(20)3/h7-8,10-13,24H,4-6,9H2,1-3H3. The molecule has 0 radical (unpaired) electrons. The van der Waals surface area contributed by atoms with Crippen LogP contribution in [-0.2, 0) is 6.42 Å². The Labute approximate surface area is 160 Å². The van der Waals surface area contributed by atoms with Crippen molar-refractivity contribution >= 4 is 17.4 Å². The monoisotopic (exact) mass is 365 g/mol. The Balaban J connectivity index is 1.94. The van der Waals surface area contributed by atoms with Gasteiger partial charge in [0.25, 0.3) is 0 Å². The number of nitrogens with one attached hydrogen (secondary N) is 1. The van der Waals surface area contributed by atoms with Crippen molar-refractivity contribution in [2.24, 2.45) is 0 Å². The molecule has 4 heteroatoms. The molecule has 0 bridgehead atoms. The van der Waals surface area contributed by atoms with Gasteiger partial charge in [-0.05, 0) is 75.9 Å². The van der Waals surface area contributed by atoms with Crippen molar-refractivity contribution in [1.82, 2.24) is 9.78 Å². The molecule has 0 saturated carbocycles. The first-order valence-electron chi connectivity index (χ1n) is 9.24. The lowest BCUT2D eigenvalue weighted by Gasteiger charge is -2.11. The number of rotatable bonds is 2. The minimum atomic E-state index is 0.756. The molecule has 26 heavy (non-hydrogen) atoms. The predicted molar refractivity (Wildman–Crippen MR) is 110 cm³/mol.